The molecule has 0 saturated heterocycles. The first-order chi connectivity index (χ1) is 20.2. The molecule has 0 fully saturated rings. The molecule has 0 bridgehead atoms. The summed E-state index contributed by atoms with van der Waals surface area (Å²) in [5, 5.41) is 23.2. The Labute approximate surface area is 256 Å². The highest BCUT2D eigenvalue weighted by Gasteiger charge is 2.32. The van der Waals surface area contributed by atoms with Gasteiger partial charge in [0.25, 0.3) is 0 Å². The topological polar surface area (TPSA) is 72.8 Å². The standard InChI is InChI=1S/C34H41F3N2O3S/c1-22-13-23(10-12-32(41)42)9-11-31(22)27-16-28(34(35,36)37)18-30(17-27)43-39(4)21-29(40)20-38-33(2,3)19-24-14-25-7-5-6-8-26(25)15-24/h5-9,11,13,16-18,24,29,38,40H,10,12,14-15,19-21H2,1-4H3,(H,41,42)/t29-/m1/s1. The van der Waals surface area contributed by atoms with E-state index < -0.39 is 23.8 Å². The van der Waals surface area contributed by atoms with Gasteiger partial charge in [0.1, 0.15) is 0 Å². The molecule has 0 radical (unpaired) electrons. The van der Waals surface area contributed by atoms with Gasteiger partial charge in [0.2, 0.25) is 0 Å². The number of aliphatic hydroxyl groups is 1. The van der Waals surface area contributed by atoms with Gasteiger partial charge in [-0.1, -0.05) is 42.5 Å². The van der Waals surface area contributed by atoms with Gasteiger partial charge in [-0.3, -0.25) is 4.79 Å². The molecule has 0 aliphatic heterocycles. The molecule has 1 aliphatic rings. The van der Waals surface area contributed by atoms with Crippen LogP contribution in [0, 0.1) is 12.8 Å². The number of fused-ring (bicyclic) bond motifs is 1. The van der Waals surface area contributed by atoms with E-state index in [-0.39, 0.29) is 18.5 Å². The third kappa shape index (κ3) is 9.57. The molecule has 1 atom stereocenters. The molecule has 1 aliphatic carbocycles. The number of rotatable bonds is 13. The quantitative estimate of drug-likeness (QED) is 0.177. The summed E-state index contributed by atoms with van der Waals surface area (Å²) in [6.07, 6.45) is -1.77. The number of halogens is 3. The number of aliphatic hydroxyl groups excluding tert-OH is 1. The molecule has 3 N–H and O–H groups in total. The molecule has 0 heterocycles. The summed E-state index contributed by atoms with van der Waals surface area (Å²) in [7, 11) is 1.76. The molecule has 0 amide bonds. The van der Waals surface area contributed by atoms with E-state index in [0.717, 1.165) is 54.5 Å². The van der Waals surface area contributed by atoms with Crippen LogP contribution in [0.3, 0.4) is 0 Å². The first-order valence-corrected chi connectivity index (χ1v) is 15.4. The number of hydrogen-bond donors (Lipinski definition) is 3. The van der Waals surface area contributed by atoms with E-state index in [0.29, 0.717) is 34.9 Å². The Morgan fingerprint density at radius 1 is 1.07 bits per heavy atom. The molecule has 0 aromatic heterocycles. The van der Waals surface area contributed by atoms with Gasteiger partial charge < -0.3 is 15.5 Å². The van der Waals surface area contributed by atoms with Gasteiger partial charge in [-0.25, -0.2) is 4.31 Å². The van der Waals surface area contributed by atoms with Crippen molar-refractivity contribution >= 4 is 17.9 Å². The zero-order chi connectivity index (χ0) is 31.4. The van der Waals surface area contributed by atoms with E-state index in [9.17, 15) is 23.1 Å². The van der Waals surface area contributed by atoms with Crippen LogP contribution in [0.15, 0.2) is 65.6 Å². The molecular formula is C34H41F3N2O3S. The van der Waals surface area contributed by atoms with Crippen molar-refractivity contribution < 1.29 is 28.2 Å². The second kappa shape index (κ2) is 13.8. The fourth-order valence-corrected chi connectivity index (χ4v) is 6.95. The van der Waals surface area contributed by atoms with Crippen molar-refractivity contribution in [1.82, 2.24) is 9.62 Å². The van der Waals surface area contributed by atoms with Crippen molar-refractivity contribution in [3.05, 3.63) is 88.5 Å². The van der Waals surface area contributed by atoms with Crippen LogP contribution in [-0.2, 0) is 30.2 Å². The molecule has 4 rings (SSSR count). The molecule has 232 valence electrons. The van der Waals surface area contributed by atoms with Gasteiger partial charge in [-0.15, -0.1) is 0 Å². The van der Waals surface area contributed by atoms with Crippen molar-refractivity contribution in [3.8, 4) is 11.1 Å². The van der Waals surface area contributed by atoms with Gasteiger partial charge in [0.15, 0.2) is 0 Å². The largest absolute Gasteiger partial charge is 0.481 e. The SMILES string of the molecule is Cc1cc(CCC(=O)O)ccc1-c1cc(SN(C)C[C@H](O)CNC(C)(C)CC2Cc3ccccc3C2)cc(C(F)(F)F)c1. The van der Waals surface area contributed by atoms with E-state index in [2.05, 4.69) is 43.4 Å². The number of carboxylic acids is 1. The van der Waals surface area contributed by atoms with Crippen molar-refractivity contribution in [3.63, 3.8) is 0 Å². The molecule has 43 heavy (non-hydrogen) atoms. The first kappa shape index (κ1) is 33.1. The van der Waals surface area contributed by atoms with Crippen molar-refractivity contribution in [2.75, 3.05) is 20.1 Å². The maximum Gasteiger partial charge on any atom is 0.416 e. The van der Waals surface area contributed by atoms with E-state index >= 15 is 0 Å². The summed E-state index contributed by atoms with van der Waals surface area (Å²) in [4.78, 5) is 11.3. The van der Waals surface area contributed by atoms with Crippen LogP contribution in [0.2, 0.25) is 0 Å². The number of aryl methyl sites for hydroxylation is 2. The van der Waals surface area contributed by atoms with Crippen LogP contribution in [0.5, 0.6) is 0 Å². The average Bonchev–Trinajstić information content (AvgIpc) is 3.31. The summed E-state index contributed by atoms with van der Waals surface area (Å²) in [6.45, 7) is 6.75. The fraction of sp³-hybridized carbons (Fsp3) is 0.441. The monoisotopic (exact) mass is 614 g/mol. The fourth-order valence-electron chi connectivity index (χ4n) is 5.99. The lowest BCUT2D eigenvalue weighted by atomic mass is 9.88. The third-order valence-corrected chi connectivity index (χ3v) is 8.85. The minimum Gasteiger partial charge on any atom is -0.481 e. The molecule has 5 nitrogen and oxygen atoms in total. The summed E-state index contributed by atoms with van der Waals surface area (Å²) < 4.78 is 43.3. The zero-order valence-electron chi connectivity index (χ0n) is 25.2. The number of alkyl halides is 3. The number of β-amino-alcohol motifs (C(OH)–C–C–N with tert-alkyl or cyclic N) is 1. The predicted molar refractivity (Wildman–Crippen MR) is 166 cm³/mol. The summed E-state index contributed by atoms with van der Waals surface area (Å²) in [5.74, 6) is -0.347. The summed E-state index contributed by atoms with van der Waals surface area (Å²) >= 11 is 1.16. The Hall–Kier alpha value is -2.85. The highest BCUT2D eigenvalue weighted by atomic mass is 32.2. The minimum atomic E-state index is -4.52. The maximum atomic E-state index is 13.9. The molecule has 0 saturated carbocycles. The molecular weight excluding hydrogens is 573 g/mol. The minimum absolute atomic E-state index is 0.0103. The second-order valence-electron chi connectivity index (χ2n) is 12.4. The Morgan fingerprint density at radius 2 is 1.74 bits per heavy atom. The molecule has 0 unspecified atom stereocenters. The third-order valence-electron chi connectivity index (χ3n) is 7.94. The lowest BCUT2D eigenvalue weighted by Gasteiger charge is -2.31. The van der Waals surface area contributed by atoms with E-state index in [1.165, 1.54) is 11.1 Å². The summed E-state index contributed by atoms with van der Waals surface area (Å²) in [6, 6.07) is 17.9. The van der Waals surface area contributed by atoms with Crippen LogP contribution in [0.25, 0.3) is 11.1 Å². The number of hydrogen-bond acceptors (Lipinski definition) is 5. The normalized spacial score (nSPS) is 14.7. The van der Waals surface area contributed by atoms with E-state index in [1.54, 1.807) is 29.6 Å². The van der Waals surface area contributed by atoms with Crippen LogP contribution < -0.4 is 5.32 Å². The smallest absolute Gasteiger partial charge is 0.416 e. The number of likely N-dealkylation sites (N-methyl/N-ethyl adjacent to an activating group) is 1. The average molecular weight is 615 g/mol. The number of benzene rings is 3. The molecule has 0 spiro atoms. The van der Waals surface area contributed by atoms with E-state index in [1.807, 2.05) is 13.0 Å². The van der Waals surface area contributed by atoms with E-state index in [4.69, 9.17) is 5.11 Å². The Balaban J connectivity index is 1.37. The molecule has 3 aromatic rings. The predicted octanol–water partition coefficient (Wildman–Crippen LogP) is 7.17. The first-order valence-electron chi connectivity index (χ1n) is 14.6. The van der Waals surface area contributed by atoms with Gasteiger partial charge in [0, 0.05) is 29.9 Å². The highest BCUT2D eigenvalue weighted by molar-refractivity contribution is 7.97. The van der Waals surface area contributed by atoms with Gasteiger partial charge in [0.05, 0.1) is 11.7 Å². The van der Waals surface area contributed by atoms with Gasteiger partial charge in [-0.05, 0) is 123 Å². The second-order valence-corrected chi connectivity index (χ2v) is 13.6. The number of nitrogens with zero attached hydrogens (tertiary/aromatic N) is 1. The van der Waals surface area contributed by atoms with Gasteiger partial charge in [-0.2, -0.15) is 13.2 Å². The Morgan fingerprint density at radius 3 is 2.35 bits per heavy atom. The van der Waals surface area contributed by atoms with Crippen LogP contribution >= 0.6 is 11.9 Å². The van der Waals surface area contributed by atoms with Crippen LogP contribution in [0.1, 0.15) is 54.5 Å². The number of aliphatic carboxylic acids is 1. The lowest BCUT2D eigenvalue weighted by Crippen LogP contribution is -2.46. The van der Waals surface area contributed by atoms with Crippen molar-refractivity contribution in [2.45, 2.75) is 75.6 Å². The Bertz CT molecular complexity index is 1400. The molecule has 9 heteroatoms. The number of carboxylic acid groups (broad SMARTS) is 1. The number of nitrogens with one attached hydrogen (secondary N) is 1. The van der Waals surface area contributed by atoms with Crippen molar-refractivity contribution in [1.29, 1.82) is 0 Å². The van der Waals surface area contributed by atoms with Crippen LogP contribution in [-0.4, -0.2) is 52.3 Å². The van der Waals surface area contributed by atoms with Gasteiger partial charge >= 0.3 is 12.1 Å². The maximum absolute atomic E-state index is 13.9. The number of carbonyl (C=O) groups is 1. The van der Waals surface area contributed by atoms with Crippen LogP contribution in [0.4, 0.5) is 13.2 Å². The Kier molecular flexibility index (Phi) is 10.6. The lowest BCUT2D eigenvalue weighted by molar-refractivity contribution is -0.138. The highest BCUT2D eigenvalue weighted by Crippen LogP contribution is 2.38. The summed E-state index contributed by atoms with van der Waals surface area (Å²) in [5.41, 5.74) is 4.62. The zero-order valence-corrected chi connectivity index (χ0v) is 26.0. The van der Waals surface area contributed by atoms with Crippen molar-refractivity contribution in [2.24, 2.45) is 5.92 Å². The molecule has 3 aromatic carbocycles.